The summed E-state index contributed by atoms with van der Waals surface area (Å²) in [7, 11) is 0. The Morgan fingerprint density at radius 1 is 1.19 bits per heavy atom. The van der Waals surface area contributed by atoms with Crippen LogP contribution in [0.25, 0.3) is 26.3 Å². The van der Waals surface area contributed by atoms with Gasteiger partial charge in [-0.2, -0.15) is 0 Å². The number of nitrogens with one attached hydrogen (secondary N) is 1. The smallest absolute Gasteiger partial charge is 0.260 e. The molecule has 1 N–H and O–H groups in total. The predicted octanol–water partition coefficient (Wildman–Crippen LogP) is 4.61. The average molecular weight is 412 g/mol. The molecule has 5 aromatic rings. The third kappa shape index (κ3) is 2.88. The lowest BCUT2D eigenvalue weighted by Gasteiger charge is -2.09. The number of hydrogen-bond donors (Lipinski definition) is 1. The Bertz CT molecular complexity index is 1300. The number of H-pyrrole nitrogens is 1. The molecule has 1 atom stereocenters. The Hall–Kier alpha value is -2.49. The molecule has 27 heavy (non-hydrogen) atoms. The monoisotopic (exact) mass is 411 g/mol. The first-order valence-corrected chi connectivity index (χ1v) is 10.9. The lowest BCUT2D eigenvalue weighted by Crippen LogP contribution is -2.12. The van der Waals surface area contributed by atoms with E-state index in [0.29, 0.717) is 11.2 Å². The van der Waals surface area contributed by atoms with Crippen molar-refractivity contribution < 1.29 is 0 Å². The van der Waals surface area contributed by atoms with Gasteiger partial charge in [0.2, 0.25) is 0 Å². The standard InChI is InChI=1S/C18H13N5OS3/c1-10(27-18-22-21-13-6-2-3-7-23(13)18)15-19-16(24)14-11(9-26-17(14)20-15)12-5-4-8-25-12/h2-10H,1H3,(H,19,20,24)/t10-/m0/s1. The number of hydrogen-bond acceptors (Lipinski definition) is 7. The molecule has 0 saturated heterocycles. The first-order chi connectivity index (χ1) is 13.2. The van der Waals surface area contributed by atoms with Crippen LogP contribution in [0.5, 0.6) is 0 Å². The van der Waals surface area contributed by atoms with E-state index in [4.69, 9.17) is 4.98 Å². The highest BCUT2D eigenvalue weighted by Crippen LogP contribution is 2.36. The van der Waals surface area contributed by atoms with E-state index in [9.17, 15) is 4.79 Å². The zero-order valence-electron chi connectivity index (χ0n) is 14.1. The summed E-state index contributed by atoms with van der Waals surface area (Å²) < 4.78 is 1.93. The zero-order chi connectivity index (χ0) is 18.4. The molecule has 0 spiro atoms. The Morgan fingerprint density at radius 2 is 2.11 bits per heavy atom. The zero-order valence-corrected chi connectivity index (χ0v) is 16.6. The van der Waals surface area contributed by atoms with Gasteiger partial charge in [-0.05, 0) is 30.5 Å². The van der Waals surface area contributed by atoms with Gasteiger partial charge in [-0.1, -0.05) is 23.9 Å². The van der Waals surface area contributed by atoms with Crippen molar-refractivity contribution >= 4 is 50.3 Å². The summed E-state index contributed by atoms with van der Waals surface area (Å²) in [6.45, 7) is 2.01. The van der Waals surface area contributed by atoms with Crippen LogP contribution >= 0.6 is 34.4 Å². The minimum absolute atomic E-state index is 0.0676. The molecule has 0 amide bonds. The van der Waals surface area contributed by atoms with Gasteiger partial charge >= 0.3 is 0 Å². The van der Waals surface area contributed by atoms with Gasteiger partial charge in [0.1, 0.15) is 10.7 Å². The van der Waals surface area contributed by atoms with Crippen molar-refractivity contribution in [1.82, 2.24) is 24.6 Å². The van der Waals surface area contributed by atoms with E-state index in [2.05, 4.69) is 15.2 Å². The van der Waals surface area contributed by atoms with Crippen LogP contribution in [0.1, 0.15) is 18.0 Å². The highest BCUT2D eigenvalue weighted by Gasteiger charge is 2.18. The second-order valence-corrected chi connectivity index (χ2v) is 9.04. The van der Waals surface area contributed by atoms with Crippen molar-refractivity contribution in [3.8, 4) is 10.4 Å². The minimum Gasteiger partial charge on any atom is -0.309 e. The number of thioether (sulfide) groups is 1. The van der Waals surface area contributed by atoms with Gasteiger partial charge in [-0.15, -0.1) is 32.9 Å². The highest BCUT2D eigenvalue weighted by molar-refractivity contribution is 7.99. The molecule has 5 rings (SSSR count). The van der Waals surface area contributed by atoms with E-state index >= 15 is 0 Å². The molecule has 0 aliphatic rings. The molecular formula is C18H13N5OS3. The SMILES string of the molecule is C[C@H](Sc1nnc2ccccn12)c1nc2scc(-c3cccs3)c2c(=O)[nH]1. The summed E-state index contributed by atoms with van der Waals surface area (Å²) in [5, 5.41) is 13.8. The van der Waals surface area contributed by atoms with Crippen LogP contribution in [0.15, 0.2) is 57.2 Å². The molecule has 0 radical (unpaired) electrons. The van der Waals surface area contributed by atoms with Crippen LogP contribution in [0.2, 0.25) is 0 Å². The Labute approximate surface area is 165 Å². The van der Waals surface area contributed by atoms with Crippen molar-refractivity contribution in [2.75, 3.05) is 0 Å². The molecule has 0 aliphatic carbocycles. The molecule has 5 aromatic heterocycles. The molecule has 0 unspecified atom stereocenters. The maximum absolute atomic E-state index is 12.8. The van der Waals surface area contributed by atoms with Crippen molar-refractivity contribution in [3.05, 3.63) is 63.5 Å². The molecule has 5 heterocycles. The molecule has 0 aliphatic heterocycles. The predicted molar refractivity (Wildman–Crippen MR) is 111 cm³/mol. The molecule has 9 heteroatoms. The van der Waals surface area contributed by atoms with Crippen LogP contribution in [0.4, 0.5) is 0 Å². The fourth-order valence-corrected chi connectivity index (χ4v) is 5.55. The second kappa shape index (κ2) is 6.59. The third-order valence-corrected chi connectivity index (χ3v) is 7.04. The Morgan fingerprint density at radius 3 is 2.96 bits per heavy atom. The van der Waals surface area contributed by atoms with E-state index < -0.39 is 0 Å². The maximum atomic E-state index is 12.8. The molecule has 0 bridgehead atoms. The first kappa shape index (κ1) is 16.7. The van der Waals surface area contributed by atoms with E-state index in [0.717, 1.165) is 26.1 Å². The lowest BCUT2D eigenvalue weighted by molar-refractivity contribution is 0.885. The molecule has 0 fully saturated rings. The Balaban J connectivity index is 1.52. The fraction of sp³-hybridized carbons (Fsp3) is 0.111. The van der Waals surface area contributed by atoms with Crippen molar-refractivity contribution in [2.45, 2.75) is 17.3 Å². The van der Waals surface area contributed by atoms with Crippen LogP contribution in [-0.2, 0) is 0 Å². The summed E-state index contributed by atoms with van der Waals surface area (Å²) >= 11 is 4.64. The van der Waals surface area contributed by atoms with Crippen molar-refractivity contribution in [3.63, 3.8) is 0 Å². The quantitative estimate of drug-likeness (QED) is 0.437. The number of fused-ring (bicyclic) bond motifs is 2. The summed E-state index contributed by atoms with van der Waals surface area (Å²) in [5.41, 5.74) is 1.65. The molecular weight excluding hydrogens is 398 g/mol. The number of aromatic amines is 1. The third-order valence-electron chi connectivity index (χ3n) is 4.20. The Kier molecular flexibility index (Phi) is 4.07. The van der Waals surface area contributed by atoms with Crippen LogP contribution in [-0.4, -0.2) is 24.6 Å². The summed E-state index contributed by atoms with van der Waals surface area (Å²) in [5.74, 6) is 0.643. The lowest BCUT2D eigenvalue weighted by atomic mass is 10.2. The van der Waals surface area contributed by atoms with Gasteiger partial charge in [0.05, 0.1) is 10.6 Å². The van der Waals surface area contributed by atoms with Gasteiger partial charge < -0.3 is 4.98 Å². The fourth-order valence-electron chi connectivity index (χ4n) is 2.89. The van der Waals surface area contributed by atoms with E-state index in [1.807, 2.05) is 58.6 Å². The number of aromatic nitrogens is 5. The number of rotatable bonds is 4. The van der Waals surface area contributed by atoms with E-state index in [-0.39, 0.29) is 10.8 Å². The number of pyridine rings is 1. The van der Waals surface area contributed by atoms with Gasteiger partial charge in [-0.3, -0.25) is 9.20 Å². The largest absolute Gasteiger partial charge is 0.309 e. The summed E-state index contributed by atoms with van der Waals surface area (Å²) in [6.07, 6.45) is 1.93. The van der Waals surface area contributed by atoms with Crippen LogP contribution in [0.3, 0.4) is 0 Å². The normalized spacial score (nSPS) is 12.8. The number of thiophene rings is 2. The topological polar surface area (TPSA) is 75.9 Å². The highest BCUT2D eigenvalue weighted by atomic mass is 32.2. The molecule has 6 nitrogen and oxygen atoms in total. The average Bonchev–Trinajstić information content (AvgIpc) is 3.41. The second-order valence-electron chi connectivity index (χ2n) is 5.93. The van der Waals surface area contributed by atoms with Crippen molar-refractivity contribution in [2.24, 2.45) is 0 Å². The molecule has 0 aromatic carbocycles. The van der Waals surface area contributed by atoms with Gasteiger partial charge in [0.25, 0.3) is 5.56 Å². The van der Waals surface area contributed by atoms with Crippen molar-refractivity contribution in [1.29, 1.82) is 0 Å². The van der Waals surface area contributed by atoms with Crippen LogP contribution in [0, 0.1) is 0 Å². The van der Waals surface area contributed by atoms with Crippen LogP contribution < -0.4 is 5.56 Å². The van der Waals surface area contributed by atoms with Gasteiger partial charge in [-0.25, -0.2) is 4.98 Å². The van der Waals surface area contributed by atoms with E-state index in [1.165, 1.54) is 23.1 Å². The molecule has 0 saturated carbocycles. The maximum Gasteiger partial charge on any atom is 0.260 e. The van der Waals surface area contributed by atoms with Gasteiger partial charge in [0, 0.05) is 22.0 Å². The minimum atomic E-state index is -0.0989. The molecule has 134 valence electrons. The van der Waals surface area contributed by atoms with Gasteiger partial charge in [0.15, 0.2) is 10.8 Å². The van der Waals surface area contributed by atoms with E-state index in [1.54, 1.807) is 11.3 Å². The summed E-state index contributed by atoms with van der Waals surface area (Å²) in [4.78, 5) is 22.3. The number of nitrogens with zero attached hydrogens (tertiary/aromatic N) is 4. The first-order valence-electron chi connectivity index (χ1n) is 8.22. The summed E-state index contributed by atoms with van der Waals surface area (Å²) in [6, 6.07) is 9.78.